The zero-order valence-corrected chi connectivity index (χ0v) is 13.7. The molecule has 120 valence electrons. The molecule has 7 heteroatoms. The first-order chi connectivity index (χ1) is 10.5. The normalized spacial score (nSPS) is 15.5. The summed E-state index contributed by atoms with van der Waals surface area (Å²) in [5.41, 5.74) is 0.699. The summed E-state index contributed by atoms with van der Waals surface area (Å²) in [7, 11) is 3.82. The van der Waals surface area contributed by atoms with E-state index < -0.39 is 0 Å². The maximum Gasteiger partial charge on any atom is 0.242 e. The number of carbonyl (C=O) groups is 1. The van der Waals surface area contributed by atoms with Crippen LogP contribution < -0.4 is 5.32 Å². The number of piperazine rings is 1. The number of amides is 1. The minimum Gasteiger partial charge on any atom is -0.343 e. The zero-order valence-electron chi connectivity index (χ0n) is 12.9. The summed E-state index contributed by atoms with van der Waals surface area (Å²) in [5.74, 6) is -0.228. The smallest absolute Gasteiger partial charge is 0.242 e. The highest BCUT2D eigenvalue weighted by molar-refractivity contribution is 7.80. The second-order valence-electron chi connectivity index (χ2n) is 5.48. The molecule has 1 aromatic rings. The molecule has 0 radical (unpaired) electrons. The quantitative estimate of drug-likeness (QED) is 0.847. The van der Waals surface area contributed by atoms with Gasteiger partial charge in [-0.1, -0.05) is 0 Å². The number of thiocarbonyl (C=S) groups is 1. The lowest BCUT2D eigenvalue weighted by molar-refractivity contribution is -0.132. The first-order valence-electron chi connectivity index (χ1n) is 7.19. The fraction of sp³-hybridized carbons (Fsp3) is 0.467. The Hall–Kier alpha value is -1.73. The molecular formula is C15H21FN4OS. The third kappa shape index (κ3) is 4.64. The van der Waals surface area contributed by atoms with Crippen molar-refractivity contribution >= 4 is 28.9 Å². The Bertz CT molecular complexity index is 529. The van der Waals surface area contributed by atoms with Gasteiger partial charge in [-0.25, -0.2) is 4.39 Å². The predicted molar refractivity (Wildman–Crippen MR) is 89.3 cm³/mol. The molecule has 0 bridgehead atoms. The van der Waals surface area contributed by atoms with Crippen molar-refractivity contribution < 1.29 is 9.18 Å². The zero-order chi connectivity index (χ0) is 16.1. The first-order valence-corrected chi connectivity index (χ1v) is 7.60. The van der Waals surface area contributed by atoms with Crippen LogP contribution in [0.25, 0.3) is 0 Å². The third-order valence-corrected chi connectivity index (χ3v) is 4.08. The van der Waals surface area contributed by atoms with Gasteiger partial charge in [0.1, 0.15) is 5.82 Å². The summed E-state index contributed by atoms with van der Waals surface area (Å²) in [6, 6.07) is 5.94. The van der Waals surface area contributed by atoms with Gasteiger partial charge in [-0.2, -0.15) is 0 Å². The number of anilines is 1. The molecule has 0 aliphatic carbocycles. The Morgan fingerprint density at radius 1 is 1.27 bits per heavy atom. The number of likely N-dealkylation sites (N-methyl/N-ethyl adjacent to an activating group) is 2. The minimum absolute atomic E-state index is 0.0684. The van der Waals surface area contributed by atoms with E-state index in [0.717, 1.165) is 26.2 Å². The molecule has 22 heavy (non-hydrogen) atoms. The lowest BCUT2D eigenvalue weighted by atomic mass is 10.3. The van der Waals surface area contributed by atoms with Crippen LogP contribution in [0, 0.1) is 5.82 Å². The molecule has 0 spiro atoms. The molecule has 1 N–H and O–H groups in total. The number of benzene rings is 1. The molecule has 1 fully saturated rings. The van der Waals surface area contributed by atoms with E-state index >= 15 is 0 Å². The Morgan fingerprint density at radius 2 is 1.86 bits per heavy atom. The Morgan fingerprint density at radius 3 is 2.45 bits per heavy atom. The van der Waals surface area contributed by atoms with Crippen molar-refractivity contribution in [2.45, 2.75) is 0 Å². The molecule has 2 rings (SSSR count). The highest BCUT2D eigenvalue weighted by Gasteiger charge is 2.20. The lowest BCUT2D eigenvalue weighted by Crippen LogP contribution is -2.50. The summed E-state index contributed by atoms with van der Waals surface area (Å²) in [6.07, 6.45) is 0. The first kappa shape index (κ1) is 16.6. The number of hydrogen-bond donors (Lipinski definition) is 1. The van der Waals surface area contributed by atoms with Gasteiger partial charge in [0.2, 0.25) is 5.91 Å². The van der Waals surface area contributed by atoms with Crippen LogP contribution in [0.1, 0.15) is 0 Å². The second-order valence-corrected chi connectivity index (χ2v) is 5.86. The van der Waals surface area contributed by atoms with Crippen molar-refractivity contribution in [2.24, 2.45) is 0 Å². The number of nitrogens with zero attached hydrogens (tertiary/aromatic N) is 3. The van der Waals surface area contributed by atoms with Crippen LogP contribution in [-0.4, -0.2) is 72.5 Å². The van der Waals surface area contributed by atoms with Gasteiger partial charge < -0.3 is 20.0 Å². The number of halogens is 1. The van der Waals surface area contributed by atoms with Crippen LogP contribution in [0.3, 0.4) is 0 Å². The van der Waals surface area contributed by atoms with Gasteiger partial charge in [0, 0.05) is 38.9 Å². The van der Waals surface area contributed by atoms with Crippen LogP contribution in [0.15, 0.2) is 24.3 Å². The predicted octanol–water partition coefficient (Wildman–Crippen LogP) is 1.23. The summed E-state index contributed by atoms with van der Waals surface area (Å²) >= 11 is 5.27. The van der Waals surface area contributed by atoms with Gasteiger partial charge in [-0.3, -0.25) is 4.79 Å². The monoisotopic (exact) mass is 324 g/mol. The van der Waals surface area contributed by atoms with Gasteiger partial charge in [0.05, 0.1) is 6.54 Å². The van der Waals surface area contributed by atoms with Crippen molar-refractivity contribution in [2.75, 3.05) is 52.1 Å². The van der Waals surface area contributed by atoms with E-state index in [1.54, 1.807) is 24.1 Å². The topological polar surface area (TPSA) is 38.8 Å². The van der Waals surface area contributed by atoms with Crippen LogP contribution in [0.4, 0.5) is 10.1 Å². The van der Waals surface area contributed by atoms with Crippen molar-refractivity contribution in [3.8, 4) is 0 Å². The van der Waals surface area contributed by atoms with Gasteiger partial charge in [0.25, 0.3) is 0 Å². The number of rotatable bonds is 3. The molecule has 1 amide bonds. The summed E-state index contributed by atoms with van der Waals surface area (Å²) in [6.45, 7) is 3.53. The number of carbonyl (C=O) groups excluding carboxylic acids is 1. The maximum absolute atomic E-state index is 12.9. The Balaban J connectivity index is 1.83. The molecule has 1 aliphatic heterocycles. The van der Waals surface area contributed by atoms with Crippen LogP contribution in [0.5, 0.6) is 0 Å². The molecular weight excluding hydrogens is 303 g/mol. The highest BCUT2D eigenvalue weighted by atomic mass is 32.1. The third-order valence-electron chi connectivity index (χ3n) is 3.67. The van der Waals surface area contributed by atoms with Crippen LogP contribution >= 0.6 is 12.2 Å². The van der Waals surface area contributed by atoms with Crippen molar-refractivity contribution in [3.63, 3.8) is 0 Å². The number of hydrogen-bond acceptors (Lipinski definition) is 3. The number of nitrogens with one attached hydrogen (secondary N) is 1. The Kier molecular flexibility index (Phi) is 5.68. The molecule has 1 aliphatic rings. The molecule has 0 saturated carbocycles. The maximum atomic E-state index is 12.9. The van der Waals surface area contributed by atoms with Crippen molar-refractivity contribution in [1.82, 2.24) is 14.7 Å². The second kappa shape index (κ2) is 7.51. The van der Waals surface area contributed by atoms with E-state index in [4.69, 9.17) is 12.2 Å². The fourth-order valence-corrected chi connectivity index (χ4v) is 2.37. The standard InChI is InChI=1S/C15H21FN4OS/c1-18-7-9-20(10-8-18)14(21)11-19(2)15(22)17-13-5-3-12(16)4-6-13/h3-6H,7-11H2,1-2H3,(H,17,22). The summed E-state index contributed by atoms with van der Waals surface area (Å²) in [5, 5.41) is 3.43. The average Bonchev–Trinajstić information content (AvgIpc) is 2.50. The van der Waals surface area contributed by atoms with E-state index in [9.17, 15) is 9.18 Å². The molecule has 1 heterocycles. The van der Waals surface area contributed by atoms with Crippen molar-refractivity contribution in [3.05, 3.63) is 30.1 Å². The molecule has 1 aromatic carbocycles. The molecule has 0 aromatic heterocycles. The lowest BCUT2D eigenvalue weighted by Gasteiger charge is -2.33. The fourth-order valence-electron chi connectivity index (χ4n) is 2.18. The molecule has 0 unspecified atom stereocenters. The largest absolute Gasteiger partial charge is 0.343 e. The summed E-state index contributed by atoms with van der Waals surface area (Å²) < 4.78 is 12.9. The van der Waals surface area contributed by atoms with E-state index in [0.29, 0.717) is 10.8 Å². The van der Waals surface area contributed by atoms with Crippen molar-refractivity contribution in [1.29, 1.82) is 0 Å². The van der Waals surface area contributed by atoms with Crippen LogP contribution in [-0.2, 0) is 4.79 Å². The van der Waals surface area contributed by atoms with E-state index in [-0.39, 0.29) is 18.3 Å². The minimum atomic E-state index is -0.296. The average molecular weight is 324 g/mol. The SMILES string of the molecule is CN1CCN(C(=O)CN(C)C(=S)Nc2ccc(F)cc2)CC1. The molecule has 5 nitrogen and oxygen atoms in total. The van der Waals surface area contributed by atoms with Gasteiger partial charge in [-0.05, 0) is 43.5 Å². The Labute approximate surface area is 135 Å². The van der Waals surface area contributed by atoms with Gasteiger partial charge in [-0.15, -0.1) is 0 Å². The van der Waals surface area contributed by atoms with Crippen LogP contribution in [0.2, 0.25) is 0 Å². The highest BCUT2D eigenvalue weighted by Crippen LogP contribution is 2.09. The molecule has 0 atom stereocenters. The van der Waals surface area contributed by atoms with E-state index in [2.05, 4.69) is 17.3 Å². The van der Waals surface area contributed by atoms with E-state index in [1.165, 1.54) is 12.1 Å². The molecule has 1 saturated heterocycles. The van der Waals surface area contributed by atoms with E-state index in [1.807, 2.05) is 4.90 Å². The van der Waals surface area contributed by atoms with Gasteiger partial charge >= 0.3 is 0 Å². The van der Waals surface area contributed by atoms with Gasteiger partial charge in [0.15, 0.2) is 5.11 Å². The summed E-state index contributed by atoms with van der Waals surface area (Å²) in [4.78, 5) is 18.0.